The van der Waals surface area contributed by atoms with Crippen LogP contribution in [0.2, 0.25) is 0 Å². The summed E-state index contributed by atoms with van der Waals surface area (Å²) in [6.45, 7) is 10.5. The number of unbranched alkanes of at least 4 members (excludes halogenated alkanes) is 1. The molecule has 0 aliphatic heterocycles. The first kappa shape index (κ1) is 15.4. The van der Waals surface area contributed by atoms with Crippen molar-refractivity contribution in [2.75, 3.05) is 19.6 Å². The highest BCUT2D eigenvalue weighted by Gasteiger charge is 2.11. The molecule has 0 aromatic carbocycles. The fourth-order valence-electron chi connectivity index (χ4n) is 1.82. The highest BCUT2D eigenvalue weighted by molar-refractivity contribution is 5.78. The maximum absolute atomic E-state index is 11.8. The van der Waals surface area contributed by atoms with Crippen molar-refractivity contribution in [3.05, 3.63) is 0 Å². The molecule has 3 heteroatoms. The van der Waals surface area contributed by atoms with Gasteiger partial charge in [0.1, 0.15) is 0 Å². The normalized spacial score (nSPS) is 12.5. The van der Waals surface area contributed by atoms with E-state index in [1.807, 2.05) is 18.7 Å². The minimum atomic E-state index is 0.222. The summed E-state index contributed by atoms with van der Waals surface area (Å²) in [5.74, 6) is 0.222. The highest BCUT2D eigenvalue weighted by atomic mass is 16.2. The van der Waals surface area contributed by atoms with Crippen LogP contribution in [-0.2, 0) is 4.79 Å². The molecule has 1 atom stereocenters. The van der Waals surface area contributed by atoms with E-state index in [2.05, 4.69) is 19.2 Å². The minimum Gasteiger partial charge on any atom is -0.342 e. The van der Waals surface area contributed by atoms with Crippen LogP contribution in [-0.4, -0.2) is 36.5 Å². The monoisotopic (exact) mass is 228 g/mol. The van der Waals surface area contributed by atoms with Gasteiger partial charge in [0.05, 0.1) is 6.54 Å². The van der Waals surface area contributed by atoms with E-state index in [1.54, 1.807) is 0 Å². The van der Waals surface area contributed by atoms with Gasteiger partial charge in [0.2, 0.25) is 5.91 Å². The van der Waals surface area contributed by atoms with Gasteiger partial charge >= 0.3 is 0 Å². The number of rotatable bonds is 9. The number of carbonyl (C=O) groups excluding carboxylic acids is 1. The van der Waals surface area contributed by atoms with Crippen LogP contribution in [0.1, 0.15) is 53.4 Å². The summed E-state index contributed by atoms with van der Waals surface area (Å²) in [5, 5.41) is 3.36. The van der Waals surface area contributed by atoms with E-state index in [0.717, 1.165) is 19.5 Å². The van der Waals surface area contributed by atoms with Crippen LogP contribution in [0.5, 0.6) is 0 Å². The van der Waals surface area contributed by atoms with Crippen molar-refractivity contribution in [2.45, 2.75) is 59.4 Å². The summed E-state index contributed by atoms with van der Waals surface area (Å²) in [4.78, 5) is 13.6. The molecule has 0 fully saturated rings. The Morgan fingerprint density at radius 3 is 2.25 bits per heavy atom. The molecule has 1 unspecified atom stereocenters. The summed E-state index contributed by atoms with van der Waals surface area (Å²) in [7, 11) is 0. The van der Waals surface area contributed by atoms with Gasteiger partial charge in [-0.3, -0.25) is 4.79 Å². The molecule has 0 heterocycles. The Kier molecular flexibility index (Phi) is 9.30. The van der Waals surface area contributed by atoms with E-state index < -0.39 is 0 Å². The third-order valence-corrected chi connectivity index (χ3v) is 3.06. The van der Waals surface area contributed by atoms with Crippen molar-refractivity contribution < 1.29 is 4.79 Å². The van der Waals surface area contributed by atoms with E-state index in [-0.39, 0.29) is 5.91 Å². The third kappa shape index (κ3) is 6.11. The van der Waals surface area contributed by atoms with Gasteiger partial charge in [-0.15, -0.1) is 0 Å². The molecule has 0 bridgehead atoms. The Hall–Kier alpha value is -0.570. The van der Waals surface area contributed by atoms with Gasteiger partial charge in [0.15, 0.2) is 0 Å². The van der Waals surface area contributed by atoms with E-state index in [9.17, 15) is 4.79 Å². The van der Waals surface area contributed by atoms with Crippen LogP contribution >= 0.6 is 0 Å². The molecule has 1 amide bonds. The Labute approximate surface area is 101 Å². The molecule has 0 radical (unpaired) electrons. The van der Waals surface area contributed by atoms with Crippen molar-refractivity contribution in [1.82, 2.24) is 10.2 Å². The molecular formula is C13H28N2O. The first-order valence-corrected chi connectivity index (χ1v) is 6.70. The summed E-state index contributed by atoms with van der Waals surface area (Å²) < 4.78 is 0. The van der Waals surface area contributed by atoms with Crippen molar-refractivity contribution in [2.24, 2.45) is 0 Å². The average Bonchev–Trinajstić information content (AvgIpc) is 2.31. The first-order chi connectivity index (χ1) is 7.69. The molecule has 0 aliphatic carbocycles. The zero-order chi connectivity index (χ0) is 12.4. The lowest BCUT2D eigenvalue weighted by Crippen LogP contribution is -2.41. The van der Waals surface area contributed by atoms with Crippen molar-refractivity contribution in [1.29, 1.82) is 0 Å². The molecule has 0 rings (SSSR count). The fraction of sp³-hybridized carbons (Fsp3) is 0.923. The van der Waals surface area contributed by atoms with Crippen LogP contribution in [0.3, 0.4) is 0 Å². The second kappa shape index (κ2) is 9.64. The Morgan fingerprint density at radius 1 is 1.19 bits per heavy atom. The van der Waals surface area contributed by atoms with Crippen LogP contribution in [0, 0.1) is 0 Å². The van der Waals surface area contributed by atoms with E-state index in [4.69, 9.17) is 0 Å². The van der Waals surface area contributed by atoms with Gasteiger partial charge in [0, 0.05) is 19.1 Å². The van der Waals surface area contributed by atoms with Crippen LogP contribution in [0.15, 0.2) is 0 Å². The average molecular weight is 228 g/mol. The van der Waals surface area contributed by atoms with Crippen LogP contribution in [0.4, 0.5) is 0 Å². The Balaban J connectivity index is 3.86. The second-order valence-electron chi connectivity index (χ2n) is 4.19. The molecule has 1 N–H and O–H groups in total. The third-order valence-electron chi connectivity index (χ3n) is 3.06. The molecule has 0 saturated heterocycles. The van der Waals surface area contributed by atoms with Crippen molar-refractivity contribution in [3.63, 3.8) is 0 Å². The van der Waals surface area contributed by atoms with Crippen molar-refractivity contribution in [3.8, 4) is 0 Å². The number of nitrogens with zero attached hydrogens (tertiary/aromatic N) is 1. The molecule has 16 heavy (non-hydrogen) atoms. The van der Waals surface area contributed by atoms with Crippen molar-refractivity contribution >= 4 is 5.91 Å². The number of carbonyl (C=O) groups is 1. The lowest BCUT2D eigenvalue weighted by atomic mass is 10.1. The molecule has 0 spiro atoms. The van der Waals surface area contributed by atoms with Gasteiger partial charge in [-0.1, -0.05) is 26.7 Å². The second-order valence-corrected chi connectivity index (χ2v) is 4.19. The van der Waals surface area contributed by atoms with Crippen LogP contribution in [0.25, 0.3) is 0 Å². The molecule has 96 valence electrons. The lowest BCUT2D eigenvalue weighted by molar-refractivity contribution is -0.130. The quantitative estimate of drug-likeness (QED) is 0.657. The summed E-state index contributed by atoms with van der Waals surface area (Å²) in [5.41, 5.74) is 0. The number of hydrogen-bond acceptors (Lipinski definition) is 2. The van der Waals surface area contributed by atoms with Gasteiger partial charge < -0.3 is 10.2 Å². The number of amides is 1. The number of likely N-dealkylation sites (N-methyl/N-ethyl adjacent to an activating group) is 1. The Morgan fingerprint density at radius 2 is 1.81 bits per heavy atom. The summed E-state index contributed by atoms with van der Waals surface area (Å²) >= 11 is 0. The zero-order valence-electron chi connectivity index (χ0n) is 11.4. The minimum absolute atomic E-state index is 0.222. The predicted octanol–water partition coefficient (Wildman–Crippen LogP) is 2.41. The topological polar surface area (TPSA) is 32.3 Å². The number of nitrogens with one attached hydrogen (secondary N) is 1. The summed E-state index contributed by atoms with van der Waals surface area (Å²) in [6.07, 6.45) is 4.75. The molecule has 0 aromatic rings. The van der Waals surface area contributed by atoms with Gasteiger partial charge in [-0.25, -0.2) is 0 Å². The number of hydrogen-bond donors (Lipinski definition) is 1. The van der Waals surface area contributed by atoms with Crippen LogP contribution < -0.4 is 5.32 Å². The molecule has 0 aliphatic rings. The SMILES string of the molecule is CCCCC(CC)NCC(=O)N(CC)CC. The fourth-order valence-corrected chi connectivity index (χ4v) is 1.82. The molecule has 0 saturated carbocycles. The smallest absolute Gasteiger partial charge is 0.236 e. The summed E-state index contributed by atoms with van der Waals surface area (Å²) in [6, 6.07) is 0.500. The van der Waals surface area contributed by atoms with Gasteiger partial charge in [-0.05, 0) is 26.7 Å². The zero-order valence-corrected chi connectivity index (χ0v) is 11.4. The molecule has 3 nitrogen and oxygen atoms in total. The molecular weight excluding hydrogens is 200 g/mol. The lowest BCUT2D eigenvalue weighted by Gasteiger charge is -2.21. The van der Waals surface area contributed by atoms with E-state index in [0.29, 0.717) is 12.6 Å². The largest absolute Gasteiger partial charge is 0.342 e. The van der Waals surface area contributed by atoms with Gasteiger partial charge in [0.25, 0.3) is 0 Å². The van der Waals surface area contributed by atoms with E-state index in [1.165, 1.54) is 19.3 Å². The standard InChI is InChI=1S/C13H28N2O/c1-5-9-10-12(6-2)14-11-13(16)15(7-3)8-4/h12,14H,5-11H2,1-4H3. The Bertz CT molecular complexity index is 179. The highest BCUT2D eigenvalue weighted by Crippen LogP contribution is 2.03. The predicted molar refractivity (Wildman–Crippen MR) is 69.5 cm³/mol. The van der Waals surface area contributed by atoms with Gasteiger partial charge in [-0.2, -0.15) is 0 Å². The van der Waals surface area contributed by atoms with E-state index >= 15 is 0 Å². The first-order valence-electron chi connectivity index (χ1n) is 6.70. The molecule has 0 aromatic heterocycles. The maximum atomic E-state index is 11.8. The maximum Gasteiger partial charge on any atom is 0.236 e.